The molecule has 132 valence electrons. The zero-order valence-electron chi connectivity index (χ0n) is 13.8. The van der Waals surface area contributed by atoms with Crippen LogP contribution in [0.3, 0.4) is 0 Å². The molecule has 0 unspecified atom stereocenters. The van der Waals surface area contributed by atoms with E-state index < -0.39 is 0 Å². The van der Waals surface area contributed by atoms with Gasteiger partial charge in [0.2, 0.25) is 0 Å². The Morgan fingerprint density at radius 3 is 2.61 bits per heavy atom. The van der Waals surface area contributed by atoms with Crippen LogP contribution in [0, 0.1) is 5.82 Å². The molecule has 0 fully saturated rings. The molecule has 1 aromatic carbocycles. The van der Waals surface area contributed by atoms with E-state index in [9.17, 15) is 4.39 Å². The minimum absolute atomic E-state index is 0. The number of guanidine groups is 1. The van der Waals surface area contributed by atoms with Crippen LogP contribution in [-0.4, -0.2) is 46.5 Å². The molecule has 7 heteroatoms. The highest BCUT2D eigenvalue weighted by Gasteiger charge is 2.02. The summed E-state index contributed by atoms with van der Waals surface area (Å²) in [5, 5.41) is 6.29. The smallest absolute Gasteiger partial charge is 0.191 e. The summed E-state index contributed by atoms with van der Waals surface area (Å²) in [5.74, 6) is 0.460. The Bertz CT molecular complexity index is 447. The van der Waals surface area contributed by atoms with Crippen LogP contribution in [0.5, 0.6) is 0 Å². The first-order valence-corrected chi connectivity index (χ1v) is 7.52. The average Bonchev–Trinajstić information content (AvgIpc) is 2.54. The van der Waals surface area contributed by atoms with E-state index in [1.807, 2.05) is 6.07 Å². The second-order valence-corrected chi connectivity index (χ2v) is 4.76. The highest BCUT2D eigenvalue weighted by molar-refractivity contribution is 14.0. The molecule has 0 heterocycles. The van der Waals surface area contributed by atoms with E-state index in [0.29, 0.717) is 31.3 Å². The van der Waals surface area contributed by atoms with Gasteiger partial charge in [-0.05, 0) is 18.9 Å². The number of hydrogen-bond donors (Lipinski definition) is 2. The van der Waals surface area contributed by atoms with Gasteiger partial charge in [-0.25, -0.2) is 4.39 Å². The molecular formula is C16H27FIN3O2. The van der Waals surface area contributed by atoms with Crippen LogP contribution in [0.4, 0.5) is 4.39 Å². The minimum atomic E-state index is -0.210. The van der Waals surface area contributed by atoms with Crippen molar-refractivity contribution in [1.82, 2.24) is 10.6 Å². The molecule has 0 spiro atoms. The monoisotopic (exact) mass is 439 g/mol. The van der Waals surface area contributed by atoms with Crippen molar-refractivity contribution in [2.75, 3.05) is 40.5 Å². The molecule has 0 atom stereocenters. The summed E-state index contributed by atoms with van der Waals surface area (Å²) in [6.07, 6.45) is 1.95. The lowest BCUT2D eigenvalue weighted by Crippen LogP contribution is -2.37. The van der Waals surface area contributed by atoms with Gasteiger partial charge < -0.3 is 20.1 Å². The van der Waals surface area contributed by atoms with E-state index >= 15 is 0 Å². The molecule has 23 heavy (non-hydrogen) atoms. The number of halogens is 2. The third-order valence-corrected chi connectivity index (χ3v) is 3.07. The standard InChI is InChI=1S/C16H26FN3O2.HI/c1-18-16(19-9-5-6-10-22-12-11-21-2)20-13-14-7-3-4-8-15(14)17;/h3-4,7-8H,5-6,9-13H2,1-2H3,(H2,18,19,20);1H. The maximum atomic E-state index is 13.5. The number of rotatable bonds is 10. The van der Waals surface area contributed by atoms with Gasteiger partial charge in [-0.1, -0.05) is 18.2 Å². The van der Waals surface area contributed by atoms with Gasteiger partial charge in [-0.15, -0.1) is 24.0 Å². The van der Waals surface area contributed by atoms with Gasteiger partial charge in [-0.2, -0.15) is 0 Å². The van der Waals surface area contributed by atoms with Crippen molar-refractivity contribution in [3.63, 3.8) is 0 Å². The van der Waals surface area contributed by atoms with Gasteiger partial charge in [0.15, 0.2) is 5.96 Å². The predicted molar refractivity (Wildman–Crippen MR) is 102 cm³/mol. The zero-order chi connectivity index (χ0) is 16.0. The molecule has 5 nitrogen and oxygen atoms in total. The molecule has 0 saturated heterocycles. The van der Waals surface area contributed by atoms with E-state index in [0.717, 1.165) is 26.0 Å². The van der Waals surface area contributed by atoms with Crippen LogP contribution < -0.4 is 10.6 Å². The fourth-order valence-electron chi connectivity index (χ4n) is 1.82. The van der Waals surface area contributed by atoms with Gasteiger partial charge in [0.25, 0.3) is 0 Å². The first-order chi connectivity index (χ1) is 10.8. The van der Waals surface area contributed by atoms with Gasteiger partial charge in [-0.3, -0.25) is 4.99 Å². The summed E-state index contributed by atoms with van der Waals surface area (Å²) in [4.78, 5) is 4.12. The molecule has 2 N–H and O–H groups in total. The molecule has 0 aliphatic carbocycles. The summed E-state index contributed by atoms with van der Waals surface area (Å²) in [6.45, 7) is 3.20. The summed E-state index contributed by atoms with van der Waals surface area (Å²) in [7, 11) is 3.36. The quantitative estimate of drug-likeness (QED) is 0.255. The first-order valence-electron chi connectivity index (χ1n) is 7.52. The van der Waals surface area contributed by atoms with Crippen molar-refractivity contribution in [1.29, 1.82) is 0 Å². The van der Waals surface area contributed by atoms with Crippen LogP contribution in [0.15, 0.2) is 29.3 Å². The minimum Gasteiger partial charge on any atom is -0.382 e. The number of hydrogen-bond acceptors (Lipinski definition) is 3. The first kappa shape index (κ1) is 22.1. The molecule has 0 aliphatic heterocycles. The molecule has 0 radical (unpaired) electrons. The van der Waals surface area contributed by atoms with E-state index in [2.05, 4.69) is 15.6 Å². The number of nitrogens with one attached hydrogen (secondary N) is 2. The van der Waals surface area contributed by atoms with Gasteiger partial charge in [0.05, 0.1) is 13.2 Å². The van der Waals surface area contributed by atoms with Gasteiger partial charge in [0.1, 0.15) is 5.82 Å². The number of benzene rings is 1. The number of methoxy groups -OCH3 is 1. The van der Waals surface area contributed by atoms with Crippen molar-refractivity contribution < 1.29 is 13.9 Å². The summed E-state index contributed by atoms with van der Waals surface area (Å²) >= 11 is 0. The highest BCUT2D eigenvalue weighted by Crippen LogP contribution is 2.05. The van der Waals surface area contributed by atoms with Crippen molar-refractivity contribution in [2.45, 2.75) is 19.4 Å². The number of ether oxygens (including phenoxy) is 2. The molecule has 0 bridgehead atoms. The van der Waals surface area contributed by atoms with E-state index in [1.54, 1.807) is 26.3 Å². The van der Waals surface area contributed by atoms with Crippen molar-refractivity contribution >= 4 is 29.9 Å². The van der Waals surface area contributed by atoms with Crippen molar-refractivity contribution in [3.05, 3.63) is 35.6 Å². The van der Waals surface area contributed by atoms with Crippen LogP contribution >= 0.6 is 24.0 Å². The molecule has 0 aliphatic rings. The number of aliphatic imine (C=N–C) groups is 1. The third-order valence-electron chi connectivity index (χ3n) is 3.07. The lowest BCUT2D eigenvalue weighted by atomic mass is 10.2. The molecule has 0 amide bonds. The topological polar surface area (TPSA) is 54.9 Å². The number of unbranched alkanes of at least 4 members (excludes halogenated alkanes) is 1. The summed E-state index contributed by atoms with van der Waals surface area (Å²) < 4.78 is 23.8. The Morgan fingerprint density at radius 1 is 1.13 bits per heavy atom. The lowest BCUT2D eigenvalue weighted by Gasteiger charge is -2.12. The summed E-state index contributed by atoms with van der Waals surface area (Å²) in [5.41, 5.74) is 0.622. The van der Waals surface area contributed by atoms with Crippen molar-refractivity contribution in [2.24, 2.45) is 4.99 Å². The Morgan fingerprint density at radius 2 is 1.91 bits per heavy atom. The molecule has 1 rings (SSSR count). The Labute approximate surface area is 155 Å². The van der Waals surface area contributed by atoms with Crippen molar-refractivity contribution in [3.8, 4) is 0 Å². The average molecular weight is 439 g/mol. The highest BCUT2D eigenvalue weighted by atomic mass is 127. The molecule has 1 aromatic rings. The van der Waals surface area contributed by atoms with Crippen LogP contribution in [0.2, 0.25) is 0 Å². The van der Waals surface area contributed by atoms with Crippen LogP contribution in [-0.2, 0) is 16.0 Å². The normalized spacial score (nSPS) is 11.0. The largest absolute Gasteiger partial charge is 0.382 e. The van der Waals surface area contributed by atoms with Gasteiger partial charge in [0, 0.05) is 39.4 Å². The molecule has 0 saturated carbocycles. The van der Waals surface area contributed by atoms with E-state index in [4.69, 9.17) is 9.47 Å². The second kappa shape index (κ2) is 14.6. The SMILES string of the molecule is CN=C(NCCCCOCCOC)NCc1ccccc1F.I. The molecular weight excluding hydrogens is 412 g/mol. The van der Waals surface area contributed by atoms with Gasteiger partial charge >= 0.3 is 0 Å². The zero-order valence-corrected chi connectivity index (χ0v) is 16.1. The Kier molecular flexibility index (Phi) is 14.1. The van der Waals surface area contributed by atoms with Crippen LogP contribution in [0.1, 0.15) is 18.4 Å². The maximum Gasteiger partial charge on any atom is 0.191 e. The molecule has 0 aromatic heterocycles. The summed E-state index contributed by atoms with van der Waals surface area (Å²) in [6, 6.07) is 6.71. The lowest BCUT2D eigenvalue weighted by molar-refractivity contribution is 0.0689. The third kappa shape index (κ3) is 10.5. The van der Waals surface area contributed by atoms with E-state index in [1.165, 1.54) is 6.07 Å². The van der Waals surface area contributed by atoms with E-state index in [-0.39, 0.29) is 29.8 Å². The fraction of sp³-hybridized carbons (Fsp3) is 0.562. The maximum absolute atomic E-state index is 13.5. The van der Waals surface area contributed by atoms with Crippen LogP contribution in [0.25, 0.3) is 0 Å². The number of nitrogens with zero attached hydrogens (tertiary/aromatic N) is 1. The fourth-order valence-corrected chi connectivity index (χ4v) is 1.82. The second-order valence-electron chi connectivity index (χ2n) is 4.76. The predicted octanol–water partition coefficient (Wildman–Crippen LogP) is 2.55. The Balaban J connectivity index is 0.00000484. The Hall–Kier alpha value is -0.930.